The van der Waals surface area contributed by atoms with Crippen LogP contribution in [-0.4, -0.2) is 20.4 Å². The van der Waals surface area contributed by atoms with Crippen molar-refractivity contribution in [2.75, 3.05) is 19.6 Å². The SMILES string of the molecule is COc1ccc(/C=N/Nc2ccccc2)c(Cl)c1OC. The molecule has 4 nitrogen and oxygen atoms in total. The highest BCUT2D eigenvalue weighted by Crippen LogP contribution is 2.36. The van der Waals surface area contributed by atoms with Crippen LogP contribution < -0.4 is 14.9 Å². The minimum absolute atomic E-state index is 0.463. The van der Waals surface area contributed by atoms with Crippen molar-refractivity contribution in [3.63, 3.8) is 0 Å². The maximum absolute atomic E-state index is 6.25. The topological polar surface area (TPSA) is 42.8 Å². The lowest BCUT2D eigenvalue weighted by Crippen LogP contribution is -1.96. The first-order valence-electron chi connectivity index (χ1n) is 6.01. The molecule has 2 aromatic carbocycles. The van der Waals surface area contributed by atoms with E-state index in [1.165, 1.54) is 0 Å². The average Bonchev–Trinajstić information content (AvgIpc) is 2.49. The average molecular weight is 291 g/mol. The van der Waals surface area contributed by atoms with Crippen LogP contribution in [0.2, 0.25) is 5.02 Å². The molecule has 0 amide bonds. The van der Waals surface area contributed by atoms with Gasteiger partial charge in [-0.05, 0) is 24.3 Å². The van der Waals surface area contributed by atoms with Crippen molar-refractivity contribution in [1.29, 1.82) is 0 Å². The van der Waals surface area contributed by atoms with E-state index in [0.29, 0.717) is 16.5 Å². The number of nitrogens with one attached hydrogen (secondary N) is 1. The van der Waals surface area contributed by atoms with Crippen LogP contribution in [0.1, 0.15) is 5.56 Å². The molecule has 2 rings (SSSR count). The quantitative estimate of drug-likeness (QED) is 0.673. The summed E-state index contributed by atoms with van der Waals surface area (Å²) in [5.74, 6) is 1.09. The lowest BCUT2D eigenvalue weighted by Gasteiger charge is -2.10. The van der Waals surface area contributed by atoms with Gasteiger partial charge in [-0.15, -0.1) is 0 Å². The molecule has 0 aliphatic heterocycles. The molecule has 2 aromatic rings. The fraction of sp³-hybridized carbons (Fsp3) is 0.133. The van der Waals surface area contributed by atoms with Crippen molar-refractivity contribution >= 4 is 23.5 Å². The lowest BCUT2D eigenvalue weighted by atomic mass is 10.2. The van der Waals surface area contributed by atoms with Gasteiger partial charge in [0.25, 0.3) is 0 Å². The van der Waals surface area contributed by atoms with Crippen LogP contribution in [0.25, 0.3) is 0 Å². The molecule has 20 heavy (non-hydrogen) atoms. The molecule has 0 spiro atoms. The Balaban J connectivity index is 2.17. The molecule has 5 heteroatoms. The third kappa shape index (κ3) is 3.22. The van der Waals surface area contributed by atoms with Gasteiger partial charge in [0.05, 0.1) is 31.1 Å². The maximum Gasteiger partial charge on any atom is 0.180 e. The van der Waals surface area contributed by atoms with Gasteiger partial charge in [-0.3, -0.25) is 5.43 Å². The molecule has 0 aliphatic rings. The van der Waals surface area contributed by atoms with Gasteiger partial charge < -0.3 is 9.47 Å². The second-order valence-corrected chi connectivity index (χ2v) is 4.32. The van der Waals surface area contributed by atoms with Crippen LogP contribution in [0.4, 0.5) is 5.69 Å². The Morgan fingerprint density at radius 1 is 1.05 bits per heavy atom. The predicted molar refractivity (Wildman–Crippen MR) is 82.2 cm³/mol. The van der Waals surface area contributed by atoms with Crippen LogP contribution in [0, 0.1) is 0 Å². The van der Waals surface area contributed by atoms with Crippen molar-refractivity contribution in [2.45, 2.75) is 0 Å². The Hall–Kier alpha value is -2.20. The smallest absolute Gasteiger partial charge is 0.180 e. The van der Waals surface area contributed by atoms with Gasteiger partial charge in [-0.25, -0.2) is 0 Å². The van der Waals surface area contributed by atoms with Gasteiger partial charge >= 0.3 is 0 Å². The Morgan fingerprint density at radius 3 is 2.45 bits per heavy atom. The van der Waals surface area contributed by atoms with E-state index in [1.807, 2.05) is 36.4 Å². The van der Waals surface area contributed by atoms with E-state index in [4.69, 9.17) is 21.1 Å². The minimum Gasteiger partial charge on any atom is -0.493 e. The van der Waals surface area contributed by atoms with Crippen LogP contribution >= 0.6 is 11.6 Å². The highest BCUT2D eigenvalue weighted by Gasteiger charge is 2.11. The molecule has 0 radical (unpaired) electrons. The number of halogens is 1. The molecule has 0 bridgehead atoms. The second-order valence-electron chi connectivity index (χ2n) is 3.94. The number of anilines is 1. The molecule has 0 heterocycles. The van der Waals surface area contributed by atoms with E-state index in [1.54, 1.807) is 26.5 Å². The van der Waals surface area contributed by atoms with Gasteiger partial charge in [-0.2, -0.15) is 5.10 Å². The molecule has 0 saturated heterocycles. The zero-order valence-electron chi connectivity index (χ0n) is 11.3. The first-order valence-corrected chi connectivity index (χ1v) is 6.38. The highest BCUT2D eigenvalue weighted by molar-refractivity contribution is 6.34. The normalized spacial score (nSPS) is 10.6. The molecule has 0 atom stereocenters. The van der Waals surface area contributed by atoms with Gasteiger partial charge in [0.15, 0.2) is 11.5 Å². The van der Waals surface area contributed by atoms with E-state index in [2.05, 4.69) is 10.5 Å². The fourth-order valence-corrected chi connectivity index (χ4v) is 1.98. The number of hydrazone groups is 1. The summed E-state index contributed by atoms with van der Waals surface area (Å²) >= 11 is 6.25. The van der Waals surface area contributed by atoms with Gasteiger partial charge in [-0.1, -0.05) is 29.8 Å². The lowest BCUT2D eigenvalue weighted by molar-refractivity contribution is 0.355. The number of para-hydroxylation sites is 1. The highest BCUT2D eigenvalue weighted by atomic mass is 35.5. The molecular formula is C15H15ClN2O2. The summed E-state index contributed by atoms with van der Waals surface area (Å²) in [5, 5.41) is 4.61. The van der Waals surface area contributed by atoms with Crippen LogP contribution in [0.15, 0.2) is 47.6 Å². The number of nitrogens with zero attached hydrogens (tertiary/aromatic N) is 1. The summed E-state index contributed by atoms with van der Waals surface area (Å²) in [5.41, 5.74) is 4.57. The Kier molecular flexibility index (Phi) is 4.85. The van der Waals surface area contributed by atoms with E-state index >= 15 is 0 Å². The van der Waals surface area contributed by atoms with Gasteiger partial charge in [0.1, 0.15) is 0 Å². The standard InChI is InChI=1S/C15H15ClN2O2/c1-19-13-9-8-11(14(16)15(13)20-2)10-17-18-12-6-4-3-5-7-12/h3-10,18H,1-2H3/b17-10+. The maximum atomic E-state index is 6.25. The number of hydrogen-bond acceptors (Lipinski definition) is 4. The zero-order valence-corrected chi connectivity index (χ0v) is 12.0. The van der Waals surface area contributed by atoms with Crippen LogP contribution in [0.5, 0.6) is 11.5 Å². The monoisotopic (exact) mass is 290 g/mol. The zero-order chi connectivity index (χ0) is 14.4. The Morgan fingerprint density at radius 2 is 1.80 bits per heavy atom. The summed E-state index contributed by atoms with van der Waals surface area (Å²) in [6.07, 6.45) is 1.64. The summed E-state index contributed by atoms with van der Waals surface area (Å²) in [6.45, 7) is 0. The van der Waals surface area contributed by atoms with Gasteiger partial charge in [0.2, 0.25) is 0 Å². The molecule has 0 saturated carbocycles. The third-order valence-corrected chi connectivity index (χ3v) is 3.08. The minimum atomic E-state index is 0.463. The number of ether oxygens (including phenoxy) is 2. The summed E-state index contributed by atoms with van der Waals surface area (Å²) < 4.78 is 10.4. The molecule has 0 aliphatic carbocycles. The van der Waals surface area contributed by atoms with E-state index in [0.717, 1.165) is 11.3 Å². The molecular weight excluding hydrogens is 276 g/mol. The van der Waals surface area contributed by atoms with Crippen molar-refractivity contribution < 1.29 is 9.47 Å². The number of rotatable bonds is 5. The van der Waals surface area contributed by atoms with Crippen molar-refractivity contribution in [1.82, 2.24) is 0 Å². The first kappa shape index (κ1) is 14.2. The molecule has 0 unspecified atom stereocenters. The largest absolute Gasteiger partial charge is 0.493 e. The second kappa shape index (κ2) is 6.82. The van der Waals surface area contributed by atoms with E-state index in [-0.39, 0.29) is 0 Å². The van der Waals surface area contributed by atoms with Crippen molar-refractivity contribution in [3.8, 4) is 11.5 Å². The Labute approximate surface area is 123 Å². The molecule has 0 aromatic heterocycles. The van der Waals surface area contributed by atoms with Crippen molar-refractivity contribution in [3.05, 3.63) is 53.1 Å². The first-order chi connectivity index (χ1) is 9.76. The van der Waals surface area contributed by atoms with Crippen LogP contribution in [-0.2, 0) is 0 Å². The summed E-state index contributed by atoms with van der Waals surface area (Å²) in [7, 11) is 3.12. The summed E-state index contributed by atoms with van der Waals surface area (Å²) in [4.78, 5) is 0. The number of hydrogen-bond donors (Lipinski definition) is 1. The Bertz CT molecular complexity index is 600. The number of methoxy groups -OCH3 is 2. The molecule has 0 fully saturated rings. The fourth-order valence-electron chi connectivity index (χ4n) is 1.69. The van der Waals surface area contributed by atoms with Gasteiger partial charge in [0, 0.05) is 5.56 Å². The number of benzene rings is 2. The van der Waals surface area contributed by atoms with E-state index < -0.39 is 0 Å². The van der Waals surface area contributed by atoms with E-state index in [9.17, 15) is 0 Å². The molecule has 1 N–H and O–H groups in total. The van der Waals surface area contributed by atoms with Crippen LogP contribution in [0.3, 0.4) is 0 Å². The third-order valence-electron chi connectivity index (χ3n) is 2.69. The summed E-state index contributed by atoms with van der Waals surface area (Å²) in [6, 6.07) is 13.3. The molecule has 104 valence electrons. The predicted octanol–water partition coefficient (Wildman–Crippen LogP) is 3.80. The van der Waals surface area contributed by atoms with Crippen molar-refractivity contribution in [2.24, 2.45) is 5.10 Å².